The van der Waals surface area contributed by atoms with Crippen LogP contribution < -0.4 is 15.5 Å². The van der Waals surface area contributed by atoms with Crippen LogP contribution in [0, 0.1) is 0 Å². The lowest BCUT2D eigenvalue weighted by atomic mass is 10.1. The lowest BCUT2D eigenvalue weighted by Gasteiger charge is -2.36. The minimum absolute atomic E-state index is 0.115. The minimum atomic E-state index is -0.261. The molecule has 0 bridgehead atoms. The van der Waals surface area contributed by atoms with Gasteiger partial charge in [-0.05, 0) is 44.5 Å². The number of nitrogens with one attached hydrogen (secondary N) is 2. The molecule has 160 valence electrons. The van der Waals surface area contributed by atoms with Gasteiger partial charge in [-0.1, -0.05) is 24.3 Å². The van der Waals surface area contributed by atoms with Crippen LogP contribution in [0.2, 0.25) is 0 Å². The van der Waals surface area contributed by atoms with E-state index in [-0.39, 0.29) is 36.5 Å². The van der Waals surface area contributed by atoms with Crippen molar-refractivity contribution in [2.75, 3.05) is 18.0 Å². The summed E-state index contributed by atoms with van der Waals surface area (Å²) in [5, 5.41) is 5.74. The average molecular weight is 411 g/mol. The highest BCUT2D eigenvalue weighted by Gasteiger charge is 2.23. The summed E-state index contributed by atoms with van der Waals surface area (Å²) >= 11 is 0. The van der Waals surface area contributed by atoms with Gasteiger partial charge in [-0.2, -0.15) is 0 Å². The number of hydrogen-bond acceptors (Lipinski definition) is 5. The largest absolute Gasteiger partial charge is 0.372 e. The number of ether oxygens (including phenoxy) is 1. The highest BCUT2D eigenvalue weighted by atomic mass is 16.5. The number of benzene rings is 1. The molecule has 2 aromatic rings. The Bertz CT molecular complexity index is 831. The third-order valence-corrected chi connectivity index (χ3v) is 4.95. The summed E-state index contributed by atoms with van der Waals surface area (Å²) in [6, 6.07) is 12.7. The zero-order valence-corrected chi connectivity index (χ0v) is 17.8. The number of pyridine rings is 1. The summed E-state index contributed by atoms with van der Waals surface area (Å²) in [6.45, 7) is 7.99. The van der Waals surface area contributed by atoms with Crippen molar-refractivity contribution in [3.63, 3.8) is 0 Å². The summed E-state index contributed by atoms with van der Waals surface area (Å²) in [5.74, 6) is 0.627. The van der Waals surface area contributed by atoms with Crippen LogP contribution in [0.15, 0.2) is 48.7 Å². The SMILES string of the molecule is CC(CC(=O)NCc1ccc(N2CC(C)OC(C)C2)nc1)NC(=O)c1ccccc1. The smallest absolute Gasteiger partial charge is 0.251 e. The van der Waals surface area contributed by atoms with E-state index in [1.807, 2.05) is 37.3 Å². The van der Waals surface area contributed by atoms with E-state index in [2.05, 4.69) is 34.4 Å². The highest BCUT2D eigenvalue weighted by molar-refractivity contribution is 5.94. The first-order chi connectivity index (χ1) is 14.4. The molecule has 1 aliphatic heterocycles. The van der Waals surface area contributed by atoms with Crippen molar-refractivity contribution in [1.82, 2.24) is 15.6 Å². The van der Waals surface area contributed by atoms with Crippen molar-refractivity contribution in [3.05, 3.63) is 59.8 Å². The monoisotopic (exact) mass is 410 g/mol. The van der Waals surface area contributed by atoms with E-state index >= 15 is 0 Å². The Morgan fingerprint density at radius 1 is 1.13 bits per heavy atom. The molecule has 2 amide bonds. The summed E-state index contributed by atoms with van der Waals surface area (Å²) in [6.07, 6.45) is 2.37. The average Bonchev–Trinajstić information content (AvgIpc) is 2.72. The first-order valence-electron chi connectivity index (χ1n) is 10.4. The molecule has 0 aliphatic carbocycles. The normalized spacial score (nSPS) is 19.8. The van der Waals surface area contributed by atoms with E-state index in [4.69, 9.17) is 4.74 Å². The predicted molar refractivity (Wildman–Crippen MR) is 116 cm³/mol. The Balaban J connectivity index is 1.43. The fourth-order valence-corrected chi connectivity index (χ4v) is 3.57. The third-order valence-electron chi connectivity index (χ3n) is 4.95. The maximum absolute atomic E-state index is 12.2. The number of rotatable bonds is 7. The summed E-state index contributed by atoms with van der Waals surface area (Å²) in [5.41, 5.74) is 1.52. The topological polar surface area (TPSA) is 83.6 Å². The maximum Gasteiger partial charge on any atom is 0.251 e. The Labute approximate surface area is 177 Å². The third kappa shape index (κ3) is 6.29. The molecule has 7 nitrogen and oxygen atoms in total. The van der Waals surface area contributed by atoms with Crippen molar-refractivity contribution >= 4 is 17.6 Å². The van der Waals surface area contributed by atoms with Gasteiger partial charge in [0, 0.05) is 43.9 Å². The zero-order chi connectivity index (χ0) is 21.5. The molecule has 0 saturated carbocycles. The Hall–Kier alpha value is -2.93. The van der Waals surface area contributed by atoms with Gasteiger partial charge >= 0.3 is 0 Å². The van der Waals surface area contributed by atoms with Gasteiger partial charge in [0.1, 0.15) is 5.82 Å². The molecule has 3 atom stereocenters. The molecule has 3 rings (SSSR count). The lowest BCUT2D eigenvalue weighted by Crippen LogP contribution is -2.45. The lowest BCUT2D eigenvalue weighted by molar-refractivity contribution is -0.121. The van der Waals surface area contributed by atoms with Gasteiger partial charge in [0.05, 0.1) is 12.2 Å². The summed E-state index contributed by atoms with van der Waals surface area (Å²) < 4.78 is 5.76. The Morgan fingerprint density at radius 2 is 1.83 bits per heavy atom. The van der Waals surface area contributed by atoms with Crippen molar-refractivity contribution in [1.29, 1.82) is 0 Å². The van der Waals surface area contributed by atoms with Crippen molar-refractivity contribution in [3.8, 4) is 0 Å². The van der Waals surface area contributed by atoms with Crippen LogP contribution in [-0.4, -0.2) is 48.1 Å². The summed E-state index contributed by atoms with van der Waals surface area (Å²) in [4.78, 5) is 31.1. The zero-order valence-electron chi connectivity index (χ0n) is 17.8. The second-order valence-electron chi connectivity index (χ2n) is 7.91. The van der Waals surface area contributed by atoms with E-state index in [1.165, 1.54) is 0 Å². The molecule has 1 aromatic heterocycles. The van der Waals surface area contributed by atoms with Gasteiger partial charge in [0.15, 0.2) is 0 Å². The summed E-state index contributed by atoms with van der Waals surface area (Å²) in [7, 11) is 0. The van der Waals surface area contributed by atoms with Gasteiger partial charge in [0.2, 0.25) is 5.91 Å². The van der Waals surface area contributed by atoms with Gasteiger partial charge in [-0.15, -0.1) is 0 Å². The van der Waals surface area contributed by atoms with Crippen LogP contribution >= 0.6 is 0 Å². The van der Waals surface area contributed by atoms with Crippen LogP contribution in [-0.2, 0) is 16.1 Å². The fraction of sp³-hybridized carbons (Fsp3) is 0.435. The number of amides is 2. The molecule has 2 N–H and O–H groups in total. The van der Waals surface area contributed by atoms with Gasteiger partial charge in [0.25, 0.3) is 5.91 Å². The molecule has 3 unspecified atom stereocenters. The number of hydrogen-bond donors (Lipinski definition) is 2. The molecule has 2 heterocycles. The second kappa shape index (κ2) is 10.2. The maximum atomic E-state index is 12.2. The van der Waals surface area contributed by atoms with Crippen LogP contribution in [0.25, 0.3) is 0 Å². The van der Waals surface area contributed by atoms with E-state index < -0.39 is 0 Å². The number of carbonyl (C=O) groups is 2. The van der Waals surface area contributed by atoms with E-state index in [9.17, 15) is 9.59 Å². The number of anilines is 1. The molecule has 1 aliphatic rings. The second-order valence-corrected chi connectivity index (χ2v) is 7.91. The van der Waals surface area contributed by atoms with Crippen LogP contribution in [0.4, 0.5) is 5.82 Å². The fourth-order valence-electron chi connectivity index (χ4n) is 3.57. The van der Waals surface area contributed by atoms with Crippen molar-refractivity contribution in [2.45, 2.75) is 52.0 Å². The van der Waals surface area contributed by atoms with Crippen LogP contribution in [0.5, 0.6) is 0 Å². The number of morpholine rings is 1. The molecule has 0 spiro atoms. The Morgan fingerprint density at radius 3 is 2.47 bits per heavy atom. The van der Waals surface area contributed by atoms with Crippen molar-refractivity contribution in [2.24, 2.45) is 0 Å². The molecule has 30 heavy (non-hydrogen) atoms. The molecule has 0 radical (unpaired) electrons. The predicted octanol–water partition coefficient (Wildman–Crippen LogP) is 2.52. The molecule has 1 aromatic carbocycles. The molecule has 7 heteroatoms. The van der Waals surface area contributed by atoms with Gasteiger partial charge < -0.3 is 20.3 Å². The van der Waals surface area contributed by atoms with Crippen molar-refractivity contribution < 1.29 is 14.3 Å². The molecular formula is C23H30N4O3. The first-order valence-corrected chi connectivity index (χ1v) is 10.4. The van der Waals surface area contributed by atoms with Crippen LogP contribution in [0.3, 0.4) is 0 Å². The Kier molecular flexibility index (Phi) is 7.41. The van der Waals surface area contributed by atoms with E-state index in [1.54, 1.807) is 18.3 Å². The highest BCUT2D eigenvalue weighted by Crippen LogP contribution is 2.18. The quantitative estimate of drug-likeness (QED) is 0.733. The van der Waals surface area contributed by atoms with E-state index in [0.29, 0.717) is 12.1 Å². The molecular weight excluding hydrogens is 380 g/mol. The number of aromatic nitrogens is 1. The van der Waals surface area contributed by atoms with Gasteiger partial charge in [-0.25, -0.2) is 4.98 Å². The molecule has 1 fully saturated rings. The van der Waals surface area contributed by atoms with Crippen LogP contribution in [0.1, 0.15) is 43.1 Å². The molecule has 1 saturated heterocycles. The van der Waals surface area contributed by atoms with Gasteiger partial charge in [-0.3, -0.25) is 9.59 Å². The van der Waals surface area contributed by atoms with E-state index in [0.717, 1.165) is 24.5 Å². The first kappa shape index (κ1) is 21.8. The minimum Gasteiger partial charge on any atom is -0.372 e. The number of carbonyl (C=O) groups excluding carboxylic acids is 2. The standard InChI is InChI=1S/C23H30N4O3/c1-16(26-23(29)20-7-5-4-6-8-20)11-22(28)25-13-19-9-10-21(24-12-19)27-14-17(2)30-18(3)15-27/h4-10,12,16-18H,11,13-15H2,1-3H3,(H,25,28)(H,26,29). The number of nitrogens with zero attached hydrogens (tertiary/aromatic N) is 2.